The first kappa shape index (κ1) is 20.8. The van der Waals surface area contributed by atoms with Gasteiger partial charge in [-0.1, -0.05) is 23.7 Å². The van der Waals surface area contributed by atoms with Gasteiger partial charge in [0.25, 0.3) is 11.5 Å². The molecule has 3 aromatic heterocycles. The second-order valence-corrected chi connectivity index (χ2v) is 9.13. The molecule has 0 N–H and O–H groups in total. The summed E-state index contributed by atoms with van der Waals surface area (Å²) in [6, 6.07) is 10.8. The maximum atomic E-state index is 12.4. The molecule has 0 spiro atoms. The van der Waals surface area contributed by atoms with E-state index in [-0.39, 0.29) is 12.1 Å². The molecule has 1 aliphatic heterocycles. The van der Waals surface area contributed by atoms with Gasteiger partial charge in [0.2, 0.25) is 5.89 Å². The van der Waals surface area contributed by atoms with Crippen LogP contribution in [0, 0.1) is 6.92 Å². The second kappa shape index (κ2) is 8.84. The van der Waals surface area contributed by atoms with Gasteiger partial charge in [0, 0.05) is 29.7 Å². The van der Waals surface area contributed by atoms with Crippen LogP contribution in [0.1, 0.15) is 30.8 Å². The zero-order valence-electron chi connectivity index (χ0n) is 17.5. The third-order valence-electron chi connectivity index (χ3n) is 5.35. The number of aromatic nitrogens is 5. The Labute approximate surface area is 193 Å². The molecule has 1 saturated heterocycles. The lowest BCUT2D eigenvalue weighted by Gasteiger charge is -2.24. The maximum Gasteiger partial charge on any atom is 0.267 e. The molecule has 0 aliphatic carbocycles. The standard InChI is InChI=1S/C22H21ClN6O2S/c1-14-20(32-21(24-14)15-6-5-7-16(23)12-15)17-8-9-19(30)29(26-17)13-18-25-22(27-31-18)28-10-3-2-4-11-28/h5-9,12H,2-4,10-11,13H2,1H3. The number of anilines is 1. The van der Waals surface area contributed by atoms with E-state index in [0.717, 1.165) is 47.1 Å². The van der Waals surface area contributed by atoms with Crippen LogP contribution in [-0.2, 0) is 6.54 Å². The first-order valence-corrected chi connectivity index (χ1v) is 11.7. The molecule has 0 radical (unpaired) electrons. The molecule has 1 aliphatic rings. The van der Waals surface area contributed by atoms with Gasteiger partial charge in [0.15, 0.2) is 0 Å². The van der Waals surface area contributed by atoms with E-state index in [1.165, 1.54) is 28.5 Å². The predicted octanol–water partition coefficient (Wildman–Crippen LogP) is 4.42. The number of hydrogen-bond donors (Lipinski definition) is 0. The Balaban J connectivity index is 1.41. The van der Waals surface area contributed by atoms with E-state index in [2.05, 4.69) is 25.1 Å². The van der Waals surface area contributed by atoms with Crippen LogP contribution in [-0.4, -0.2) is 38.0 Å². The molecule has 0 atom stereocenters. The Morgan fingerprint density at radius 1 is 1.12 bits per heavy atom. The van der Waals surface area contributed by atoms with Crippen LogP contribution in [0.15, 0.2) is 45.7 Å². The fourth-order valence-electron chi connectivity index (χ4n) is 3.72. The molecular formula is C22H21ClN6O2S. The minimum absolute atomic E-state index is 0.118. The number of aryl methyl sites for hydroxylation is 1. The number of halogens is 1. The van der Waals surface area contributed by atoms with Gasteiger partial charge in [0.05, 0.1) is 10.6 Å². The molecule has 1 aromatic carbocycles. The first-order valence-electron chi connectivity index (χ1n) is 10.5. The summed E-state index contributed by atoms with van der Waals surface area (Å²) in [4.78, 5) is 24.6. The van der Waals surface area contributed by atoms with Crippen LogP contribution in [0.4, 0.5) is 5.95 Å². The topological polar surface area (TPSA) is 89.9 Å². The van der Waals surface area contributed by atoms with Crippen LogP contribution < -0.4 is 10.5 Å². The number of nitrogens with zero attached hydrogens (tertiary/aromatic N) is 6. The van der Waals surface area contributed by atoms with Crippen molar-refractivity contribution in [2.75, 3.05) is 18.0 Å². The lowest BCUT2D eigenvalue weighted by molar-refractivity contribution is 0.361. The van der Waals surface area contributed by atoms with E-state index >= 15 is 0 Å². The molecule has 0 saturated carbocycles. The van der Waals surface area contributed by atoms with Gasteiger partial charge < -0.3 is 9.42 Å². The Morgan fingerprint density at radius 2 is 1.97 bits per heavy atom. The second-order valence-electron chi connectivity index (χ2n) is 7.69. The van der Waals surface area contributed by atoms with Gasteiger partial charge in [-0.05, 0) is 49.5 Å². The molecule has 164 valence electrons. The molecule has 1 fully saturated rings. The zero-order valence-corrected chi connectivity index (χ0v) is 19.1. The average molecular weight is 469 g/mol. The van der Waals surface area contributed by atoms with Crippen molar-refractivity contribution in [3.63, 3.8) is 0 Å². The van der Waals surface area contributed by atoms with Crippen molar-refractivity contribution >= 4 is 28.9 Å². The Morgan fingerprint density at radius 3 is 2.78 bits per heavy atom. The summed E-state index contributed by atoms with van der Waals surface area (Å²) in [6.45, 7) is 3.89. The number of thiazole rings is 1. The molecule has 0 unspecified atom stereocenters. The third kappa shape index (κ3) is 4.31. The van der Waals surface area contributed by atoms with E-state index < -0.39 is 0 Å². The van der Waals surface area contributed by atoms with Crippen LogP contribution in [0.5, 0.6) is 0 Å². The minimum Gasteiger partial charge on any atom is -0.338 e. The van der Waals surface area contributed by atoms with Crippen molar-refractivity contribution in [2.45, 2.75) is 32.7 Å². The fraction of sp³-hybridized carbons (Fsp3) is 0.318. The van der Waals surface area contributed by atoms with Crippen molar-refractivity contribution in [3.8, 4) is 21.1 Å². The number of benzene rings is 1. The summed E-state index contributed by atoms with van der Waals surface area (Å²) in [5.41, 5.74) is 2.22. The smallest absolute Gasteiger partial charge is 0.267 e. The highest BCUT2D eigenvalue weighted by Crippen LogP contribution is 2.34. The van der Waals surface area contributed by atoms with E-state index in [4.69, 9.17) is 16.1 Å². The van der Waals surface area contributed by atoms with E-state index in [0.29, 0.717) is 22.6 Å². The SMILES string of the molecule is Cc1nc(-c2cccc(Cl)c2)sc1-c1ccc(=O)n(Cc2nc(N3CCCCC3)no2)n1. The van der Waals surface area contributed by atoms with E-state index in [1.54, 1.807) is 6.07 Å². The van der Waals surface area contributed by atoms with Gasteiger partial charge in [0.1, 0.15) is 17.2 Å². The normalized spacial score (nSPS) is 14.1. The maximum absolute atomic E-state index is 12.4. The highest BCUT2D eigenvalue weighted by atomic mass is 35.5. The molecule has 5 rings (SSSR count). The Hall–Kier alpha value is -3.04. The van der Waals surface area contributed by atoms with Crippen molar-refractivity contribution in [1.82, 2.24) is 24.9 Å². The van der Waals surface area contributed by atoms with Crippen LogP contribution in [0.25, 0.3) is 21.1 Å². The lowest BCUT2D eigenvalue weighted by Crippen LogP contribution is -2.30. The summed E-state index contributed by atoms with van der Waals surface area (Å²) >= 11 is 7.64. The van der Waals surface area contributed by atoms with Gasteiger partial charge in [-0.25, -0.2) is 9.67 Å². The van der Waals surface area contributed by atoms with Gasteiger partial charge in [-0.3, -0.25) is 4.79 Å². The van der Waals surface area contributed by atoms with Crippen molar-refractivity contribution in [2.24, 2.45) is 0 Å². The molecule has 8 nitrogen and oxygen atoms in total. The Bertz CT molecular complexity index is 1310. The highest BCUT2D eigenvalue weighted by molar-refractivity contribution is 7.18. The lowest BCUT2D eigenvalue weighted by atomic mass is 10.1. The van der Waals surface area contributed by atoms with Crippen molar-refractivity contribution in [3.05, 3.63) is 63.4 Å². The van der Waals surface area contributed by atoms with Crippen LogP contribution in [0.2, 0.25) is 5.02 Å². The quantitative estimate of drug-likeness (QED) is 0.428. The van der Waals surface area contributed by atoms with Crippen LogP contribution in [0.3, 0.4) is 0 Å². The molecule has 32 heavy (non-hydrogen) atoms. The third-order valence-corrected chi connectivity index (χ3v) is 6.81. The molecule has 0 bridgehead atoms. The summed E-state index contributed by atoms with van der Waals surface area (Å²) in [5, 5.41) is 10.1. The highest BCUT2D eigenvalue weighted by Gasteiger charge is 2.18. The van der Waals surface area contributed by atoms with Gasteiger partial charge in [-0.2, -0.15) is 10.1 Å². The van der Waals surface area contributed by atoms with E-state index in [1.807, 2.05) is 31.2 Å². The van der Waals surface area contributed by atoms with Crippen LogP contribution >= 0.6 is 22.9 Å². The number of piperidine rings is 1. The average Bonchev–Trinajstić information content (AvgIpc) is 3.43. The first-order chi connectivity index (χ1) is 15.6. The number of rotatable bonds is 5. The summed E-state index contributed by atoms with van der Waals surface area (Å²) in [7, 11) is 0. The molecular weight excluding hydrogens is 448 g/mol. The number of hydrogen-bond acceptors (Lipinski definition) is 8. The summed E-state index contributed by atoms with van der Waals surface area (Å²) in [5.74, 6) is 0.936. The summed E-state index contributed by atoms with van der Waals surface area (Å²) in [6.07, 6.45) is 3.47. The molecule has 0 amide bonds. The monoisotopic (exact) mass is 468 g/mol. The molecule has 10 heteroatoms. The summed E-state index contributed by atoms with van der Waals surface area (Å²) < 4.78 is 6.74. The minimum atomic E-state index is -0.233. The van der Waals surface area contributed by atoms with Crippen molar-refractivity contribution < 1.29 is 4.52 Å². The predicted molar refractivity (Wildman–Crippen MR) is 124 cm³/mol. The fourth-order valence-corrected chi connectivity index (χ4v) is 4.94. The van der Waals surface area contributed by atoms with Gasteiger partial charge >= 0.3 is 0 Å². The van der Waals surface area contributed by atoms with Gasteiger partial charge in [-0.15, -0.1) is 11.3 Å². The largest absolute Gasteiger partial charge is 0.338 e. The van der Waals surface area contributed by atoms with Crippen molar-refractivity contribution in [1.29, 1.82) is 0 Å². The molecule has 4 aromatic rings. The zero-order chi connectivity index (χ0) is 22.1. The Kier molecular flexibility index (Phi) is 5.75. The molecule has 4 heterocycles. The van der Waals surface area contributed by atoms with E-state index in [9.17, 15) is 4.79 Å².